The molecule has 0 spiro atoms. The number of hydrogen-bond donors (Lipinski definition) is 0. The minimum Gasteiger partial charge on any atom is -0.254 e. The summed E-state index contributed by atoms with van der Waals surface area (Å²) >= 11 is 7.63. The largest absolute Gasteiger partial charge is 0.254 e. The van der Waals surface area contributed by atoms with Crippen molar-refractivity contribution in [2.75, 3.05) is 0 Å². The van der Waals surface area contributed by atoms with Crippen molar-refractivity contribution in [1.82, 2.24) is 9.97 Å². The molecule has 0 aliphatic carbocycles. The third kappa shape index (κ3) is 7.89. The Balaban J connectivity index is 0.000000457. The smallest absolute Gasteiger partial charge is 0.0964 e. The predicted molar refractivity (Wildman–Crippen MR) is 100 cm³/mol. The molecule has 0 saturated carbocycles. The average Bonchev–Trinajstić information content (AvgIpc) is 2.57. The maximum atomic E-state index is 7.13. The Labute approximate surface area is 157 Å². The van der Waals surface area contributed by atoms with E-state index in [1.54, 1.807) is 12.4 Å². The van der Waals surface area contributed by atoms with E-state index in [4.69, 9.17) is 10.5 Å². The van der Waals surface area contributed by atoms with Crippen LogP contribution in [0.3, 0.4) is 0 Å². The van der Waals surface area contributed by atoms with Gasteiger partial charge in [-0.1, -0.05) is 35.1 Å². The van der Waals surface area contributed by atoms with Gasteiger partial charge in [-0.15, -0.1) is 0 Å². The molecule has 23 heavy (non-hydrogen) atoms. The van der Waals surface area contributed by atoms with Crippen LogP contribution in [-0.2, 0) is 25.3 Å². The van der Waals surface area contributed by atoms with Crippen LogP contribution in [0.1, 0.15) is 0 Å². The van der Waals surface area contributed by atoms with Gasteiger partial charge >= 0.3 is 31.0 Å². The zero-order chi connectivity index (χ0) is 17.5. The number of fused-ring (bicyclic) bond motifs is 3. The van der Waals surface area contributed by atoms with Crippen molar-refractivity contribution in [2.24, 2.45) is 0 Å². The van der Waals surface area contributed by atoms with E-state index in [9.17, 15) is 0 Å². The molecule has 114 valence electrons. The molecule has 2 heterocycles. The predicted octanol–water partition coefficient (Wildman–Crippen LogP) is 3.60. The Morgan fingerprint density at radius 1 is 0.826 bits per heavy atom. The number of rotatable bonds is 0. The molecule has 0 N–H and O–H groups in total. The van der Waals surface area contributed by atoms with Crippen molar-refractivity contribution in [1.29, 1.82) is 10.5 Å². The summed E-state index contributed by atoms with van der Waals surface area (Å²) < 4.78 is 0. The van der Waals surface area contributed by atoms with Gasteiger partial charge in [0.25, 0.3) is 0 Å². The number of nitrogens with zero attached hydrogens (tertiary/aromatic N) is 4. The Hall–Kier alpha value is -1.74. The summed E-state index contributed by atoms with van der Waals surface area (Å²) in [5.41, 5.74) is 1.95. The number of nitriles is 2. The summed E-state index contributed by atoms with van der Waals surface area (Å²) in [6, 6.07) is 12.1. The number of benzene rings is 1. The second-order valence-electron chi connectivity index (χ2n) is 3.90. The van der Waals surface area contributed by atoms with Crippen LogP contribution < -0.4 is 0 Å². The molecule has 3 aromatic rings. The molecule has 0 radical (unpaired) electrons. The monoisotopic (exact) mass is 446 g/mol. The molecule has 0 saturated heterocycles. The Morgan fingerprint density at radius 2 is 1.13 bits per heavy atom. The third-order valence-electron chi connectivity index (χ3n) is 2.34. The van der Waals surface area contributed by atoms with E-state index >= 15 is 0 Å². The van der Waals surface area contributed by atoms with Gasteiger partial charge < -0.3 is 25.3 Å². The molecule has 0 atom stereocenters. The molecule has 0 aliphatic rings. The average molecular weight is 445 g/mol. The normalized spacial score (nSPS) is 7.65. The molecule has 4 nitrogen and oxygen atoms in total. The fourth-order valence-electron chi connectivity index (χ4n) is 1.68. The molecular weight excluding hydrogens is 431 g/mol. The summed E-state index contributed by atoms with van der Waals surface area (Å²) in [6.45, 7) is 0. The minimum absolute atomic E-state index is 0.230. The van der Waals surface area contributed by atoms with Crippen molar-refractivity contribution in [3.05, 3.63) is 48.8 Å². The zero-order valence-electron chi connectivity index (χ0n) is 12.7. The van der Waals surface area contributed by atoms with E-state index in [0.717, 1.165) is 21.8 Å². The fourth-order valence-corrected chi connectivity index (χ4v) is 1.68. The van der Waals surface area contributed by atoms with E-state index in [-0.39, 0.29) is 21.1 Å². The quantitative estimate of drug-likeness (QED) is 0.228. The van der Waals surface area contributed by atoms with Gasteiger partial charge in [0.05, 0.1) is 11.0 Å². The van der Waals surface area contributed by atoms with Crippen molar-refractivity contribution < 1.29 is 0 Å². The van der Waals surface area contributed by atoms with Crippen molar-refractivity contribution >= 4 is 68.2 Å². The Morgan fingerprint density at radius 3 is 1.43 bits per heavy atom. The summed E-state index contributed by atoms with van der Waals surface area (Å²) in [4.78, 5) is 13.3. The van der Waals surface area contributed by atoms with Gasteiger partial charge in [0.15, 0.2) is 0 Å². The van der Waals surface area contributed by atoms with Crippen molar-refractivity contribution in [2.45, 2.75) is 9.88 Å². The molecule has 0 aliphatic heterocycles. The fraction of sp³-hybridized carbons (Fsp3) is 0.125. The number of thiocyanates is 2. The number of hydrogen-bond acceptors (Lipinski definition) is 6. The molecule has 0 fully saturated rings. The number of aromatic nitrogens is 2. The second kappa shape index (κ2) is 13.9. The van der Waals surface area contributed by atoms with Crippen LogP contribution in [0, 0.1) is 21.3 Å². The van der Waals surface area contributed by atoms with Gasteiger partial charge in [-0.2, -0.15) is 0 Å². The first-order chi connectivity index (χ1) is 11.2. The first kappa shape index (κ1) is 21.3. The molecule has 1 aromatic carbocycles. The first-order valence-corrected chi connectivity index (χ1v) is 12.9. The van der Waals surface area contributed by atoms with E-state index in [1.165, 1.54) is 10.8 Å². The van der Waals surface area contributed by atoms with E-state index in [1.807, 2.05) is 12.1 Å². The van der Waals surface area contributed by atoms with E-state index in [2.05, 4.69) is 69.4 Å². The maximum Gasteiger partial charge on any atom is 0.0964 e. The van der Waals surface area contributed by atoms with Crippen LogP contribution in [-0.4, -0.2) is 31.1 Å². The minimum atomic E-state index is 0.230. The molecule has 7 heteroatoms. The van der Waals surface area contributed by atoms with Crippen LogP contribution in [0.2, 0.25) is 9.88 Å². The summed E-state index contributed by atoms with van der Waals surface area (Å²) in [5.74, 6) is 0. The van der Waals surface area contributed by atoms with Gasteiger partial charge in [0.1, 0.15) is 0 Å². The first-order valence-electron chi connectivity index (χ1n) is 6.39. The topological polar surface area (TPSA) is 73.4 Å². The van der Waals surface area contributed by atoms with Crippen LogP contribution in [0.5, 0.6) is 0 Å². The van der Waals surface area contributed by atoms with Crippen LogP contribution in [0.4, 0.5) is 0 Å². The summed E-state index contributed by atoms with van der Waals surface area (Å²) in [6.07, 6.45) is 3.60. The maximum absolute atomic E-state index is 7.13. The SMILES string of the molecule is N#C[S-].N#C[S-].[CH3][Sn+2][CH3].c1cnc2c(c1)ccc1cccnc12. The Kier molecular flexibility index (Phi) is 12.8. The van der Waals surface area contributed by atoms with Crippen LogP contribution in [0.15, 0.2) is 48.8 Å². The molecule has 0 unspecified atom stereocenters. The molecule has 3 rings (SSSR count). The molecule has 2 aromatic heterocycles. The van der Waals surface area contributed by atoms with Gasteiger partial charge in [0, 0.05) is 23.2 Å². The summed E-state index contributed by atoms with van der Waals surface area (Å²) in [5, 5.41) is 19.2. The van der Waals surface area contributed by atoms with Crippen LogP contribution in [0.25, 0.3) is 21.8 Å². The van der Waals surface area contributed by atoms with Crippen LogP contribution >= 0.6 is 0 Å². The standard InChI is InChI=1S/C12H8N2.2CHNS.2CH3.Sn/c1-3-9-5-6-10-4-2-8-14-12(10)11(9)13-7-1;2*2-1-3;;;/h1-8H;2*3H;2*1H3;/q;;;;;+2/p-2. The third-order valence-corrected chi connectivity index (χ3v) is 2.34. The van der Waals surface area contributed by atoms with E-state index < -0.39 is 0 Å². The molecular formula is C16H14N4S2Sn. The van der Waals surface area contributed by atoms with E-state index in [0.29, 0.717) is 0 Å². The van der Waals surface area contributed by atoms with Crippen molar-refractivity contribution in [3.63, 3.8) is 0 Å². The summed E-state index contributed by atoms with van der Waals surface area (Å²) in [7, 11) is 0. The molecule has 0 bridgehead atoms. The van der Waals surface area contributed by atoms with Gasteiger partial charge in [-0.3, -0.25) is 9.97 Å². The van der Waals surface area contributed by atoms with Gasteiger partial charge in [0.2, 0.25) is 0 Å². The second-order valence-corrected chi connectivity index (χ2v) is 7.12. The van der Waals surface area contributed by atoms with Crippen molar-refractivity contribution in [3.8, 4) is 10.8 Å². The zero-order valence-corrected chi connectivity index (χ0v) is 17.2. The van der Waals surface area contributed by atoms with Gasteiger partial charge in [-0.25, -0.2) is 10.5 Å². The molecule has 0 amide bonds. The van der Waals surface area contributed by atoms with Gasteiger partial charge in [-0.05, 0) is 12.1 Å². The Bertz CT molecular complexity index is 730. The number of pyridine rings is 2.